The first kappa shape index (κ1) is 21.7. The molecule has 2 heterocycles. The van der Waals surface area contributed by atoms with Crippen molar-refractivity contribution >= 4 is 71.9 Å². The molecule has 2 aliphatic rings. The molecule has 11 nitrogen and oxygen atoms in total. The van der Waals surface area contributed by atoms with Crippen molar-refractivity contribution in [3.8, 4) is 0 Å². The molecule has 0 saturated carbocycles. The van der Waals surface area contributed by atoms with Gasteiger partial charge in [-0.2, -0.15) is 0 Å². The number of halogens is 1. The molecular formula is C9H14IN2NaO9P. The number of aliphatic hydroxyl groups excluding tert-OH is 2. The van der Waals surface area contributed by atoms with E-state index in [2.05, 4.69) is 9.84 Å². The van der Waals surface area contributed by atoms with Crippen LogP contribution < -0.4 is 5.32 Å². The number of hydrogen-bond acceptors (Lipinski definition) is 7. The summed E-state index contributed by atoms with van der Waals surface area (Å²) < 4.78 is 19.6. The van der Waals surface area contributed by atoms with Crippen LogP contribution in [0.5, 0.6) is 0 Å². The average Bonchev–Trinajstić information content (AvgIpc) is 2.68. The summed E-state index contributed by atoms with van der Waals surface area (Å²) in [5.74, 6) is -0.476. The molecular weight excluding hydrogens is 461 g/mol. The Balaban J connectivity index is 0.00000264. The van der Waals surface area contributed by atoms with Crippen LogP contribution >= 0.6 is 30.4 Å². The summed E-state index contributed by atoms with van der Waals surface area (Å²) in [7, 11) is -4.76. The third-order valence-corrected chi connectivity index (χ3v) is 4.63. The van der Waals surface area contributed by atoms with Gasteiger partial charge < -0.3 is 24.7 Å². The molecule has 127 valence electrons. The number of rotatable bonds is 4. The molecule has 2 fully saturated rings. The van der Waals surface area contributed by atoms with E-state index in [0.717, 1.165) is 4.90 Å². The van der Waals surface area contributed by atoms with Gasteiger partial charge in [0.1, 0.15) is 22.2 Å². The first-order chi connectivity index (χ1) is 10.1. The van der Waals surface area contributed by atoms with Crippen molar-refractivity contribution in [3.63, 3.8) is 0 Å². The zero-order chi connectivity index (χ0) is 16.7. The van der Waals surface area contributed by atoms with Crippen LogP contribution in [0.1, 0.15) is 0 Å². The molecule has 0 bridgehead atoms. The predicted octanol–water partition coefficient (Wildman–Crippen LogP) is -2.48. The number of carbonyl (C=O) groups excluding carboxylic acids is 2. The Labute approximate surface area is 166 Å². The third-order valence-electron chi connectivity index (χ3n) is 3.18. The maximum absolute atomic E-state index is 11.8. The smallest absolute Gasteiger partial charge is 0.387 e. The second-order valence-electron chi connectivity index (χ2n) is 4.75. The molecule has 5 unspecified atom stereocenters. The largest absolute Gasteiger partial charge is 0.469 e. The van der Waals surface area contributed by atoms with Crippen molar-refractivity contribution in [3.05, 3.63) is 0 Å². The Bertz CT molecular complexity index is 519. The molecule has 0 aromatic heterocycles. The van der Waals surface area contributed by atoms with Gasteiger partial charge in [-0.25, -0.2) is 9.36 Å². The number of phosphoric acid groups is 1. The Hall–Kier alpha value is 0.660. The van der Waals surface area contributed by atoms with Crippen molar-refractivity contribution in [2.24, 2.45) is 0 Å². The topological polar surface area (TPSA) is 166 Å². The van der Waals surface area contributed by atoms with Gasteiger partial charge in [0.25, 0.3) is 0 Å². The second kappa shape index (κ2) is 8.36. The minimum Gasteiger partial charge on any atom is -0.387 e. The normalized spacial score (nSPS) is 35.0. The first-order valence-corrected chi connectivity index (χ1v) is 8.85. The number of phosphoric ester groups is 1. The molecule has 23 heavy (non-hydrogen) atoms. The number of amides is 3. The van der Waals surface area contributed by atoms with E-state index in [-0.39, 0.29) is 36.1 Å². The summed E-state index contributed by atoms with van der Waals surface area (Å²) in [6.07, 6.45) is -5.50. The molecule has 0 spiro atoms. The fourth-order valence-electron chi connectivity index (χ4n) is 2.11. The van der Waals surface area contributed by atoms with Crippen LogP contribution in [0.3, 0.4) is 0 Å². The number of nitrogens with zero attached hydrogens (tertiary/aromatic N) is 1. The summed E-state index contributed by atoms with van der Waals surface area (Å²) >= 11 is 1.81. The number of ether oxygens (including phenoxy) is 1. The summed E-state index contributed by atoms with van der Waals surface area (Å²) in [6.45, 7) is -0.702. The van der Waals surface area contributed by atoms with Gasteiger partial charge in [0.05, 0.1) is 6.61 Å². The van der Waals surface area contributed by atoms with Gasteiger partial charge in [-0.3, -0.25) is 19.5 Å². The number of aliphatic hydroxyl groups is 2. The molecule has 1 radical (unpaired) electrons. The van der Waals surface area contributed by atoms with Crippen molar-refractivity contribution in [2.45, 2.75) is 28.5 Å². The first-order valence-electron chi connectivity index (χ1n) is 6.07. The van der Waals surface area contributed by atoms with E-state index in [0.29, 0.717) is 0 Å². The maximum Gasteiger partial charge on any atom is 0.469 e. The second-order valence-corrected chi connectivity index (χ2v) is 7.49. The quantitative estimate of drug-likeness (QED) is 0.128. The monoisotopic (exact) mass is 475 g/mol. The zero-order valence-electron chi connectivity index (χ0n) is 11.9. The third kappa shape index (κ3) is 5.31. The molecule has 2 rings (SSSR count). The maximum atomic E-state index is 11.8. The Morgan fingerprint density at radius 3 is 2.52 bits per heavy atom. The number of nitrogens with one attached hydrogen (secondary N) is 1. The van der Waals surface area contributed by atoms with E-state index in [4.69, 9.17) is 14.5 Å². The summed E-state index contributed by atoms with van der Waals surface area (Å²) in [4.78, 5) is 41.4. The van der Waals surface area contributed by atoms with Gasteiger partial charge in [-0.05, 0) is 0 Å². The van der Waals surface area contributed by atoms with Crippen molar-refractivity contribution in [2.75, 3.05) is 13.2 Å². The SMILES string of the molecule is O=C1NC(=O)N(C2OC(COP(=O)(O)O)C(O)C2O)CC1I.[Na]. The van der Waals surface area contributed by atoms with Crippen molar-refractivity contribution in [1.29, 1.82) is 0 Å². The van der Waals surface area contributed by atoms with Gasteiger partial charge in [0.15, 0.2) is 6.23 Å². The number of alkyl halides is 1. The minimum atomic E-state index is -4.76. The average molecular weight is 475 g/mol. The Morgan fingerprint density at radius 1 is 1.35 bits per heavy atom. The van der Waals surface area contributed by atoms with Crippen LogP contribution in [-0.2, 0) is 18.6 Å². The van der Waals surface area contributed by atoms with Gasteiger partial charge in [0, 0.05) is 36.1 Å². The number of carbonyl (C=O) groups is 2. The molecule has 5 atom stereocenters. The van der Waals surface area contributed by atoms with E-state index >= 15 is 0 Å². The molecule has 5 N–H and O–H groups in total. The summed E-state index contributed by atoms with van der Waals surface area (Å²) in [6, 6.07) is -0.786. The van der Waals surface area contributed by atoms with Gasteiger partial charge >= 0.3 is 13.9 Å². The zero-order valence-corrected chi connectivity index (χ0v) is 17.0. The molecule has 14 heteroatoms. The van der Waals surface area contributed by atoms with Crippen LogP contribution in [0.15, 0.2) is 0 Å². The van der Waals surface area contributed by atoms with E-state index < -0.39 is 54.8 Å². The molecule has 0 aliphatic carbocycles. The fourth-order valence-corrected chi connectivity index (χ4v) is 3.03. The van der Waals surface area contributed by atoms with Gasteiger partial charge in [-0.15, -0.1) is 0 Å². The predicted molar refractivity (Wildman–Crippen MR) is 82.5 cm³/mol. The van der Waals surface area contributed by atoms with Crippen LogP contribution in [0.4, 0.5) is 4.79 Å². The molecule has 3 amide bonds. The Kier molecular flexibility index (Phi) is 7.89. The van der Waals surface area contributed by atoms with Crippen molar-refractivity contribution in [1.82, 2.24) is 10.2 Å². The molecule has 0 aromatic carbocycles. The standard InChI is InChI=1S/C9H14IN2O9P.Na/c10-3-1-12(9(16)11-7(3)15)8-6(14)5(13)4(21-8)2-20-22(17,18)19;/h3-6,8,13-14H,1-2H2,(H,11,15,16)(H2,17,18,19);. The van der Waals surface area contributed by atoms with E-state index in [9.17, 15) is 24.4 Å². The number of imide groups is 1. The molecule has 2 aliphatic heterocycles. The summed E-state index contributed by atoms with van der Waals surface area (Å²) in [5.41, 5.74) is 0. The fraction of sp³-hybridized carbons (Fsp3) is 0.778. The molecule has 0 aromatic rings. The van der Waals surface area contributed by atoms with Crippen LogP contribution in [0.2, 0.25) is 0 Å². The van der Waals surface area contributed by atoms with E-state index in [1.165, 1.54) is 0 Å². The van der Waals surface area contributed by atoms with Crippen LogP contribution in [-0.4, -0.2) is 108 Å². The number of urea groups is 1. The molecule has 2 saturated heterocycles. The van der Waals surface area contributed by atoms with Crippen LogP contribution in [0.25, 0.3) is 0 Å². The van der Waals surface area contributed by atoms with Gasteiger partial charge in [0.2, 0.25) is 5.91 Å². The Morgan fingerprint density at radius 2 is 1.96 bits per heavy atom. The minimum absolute atomic E-state index is 0. The van der Waals surface area contributed by atoms with Crippen molar-refractivity contribution < 1.29 is 43.4 Å². The van der Waals surface area contributed by atoms with E-state index in [1.807, 2.05) is 0 Å². The van der Waals surface area contributed by atoms with Crippen LogP contribution in [0, 0.1) is 0 Å². The summed E-state index contributed by atoms with van der Waals surface area (Å²) in [5, 5.41) is 21.8. The van der Waals surface area contributed by atoms with E-state index in [1.54, 1.807) is 22.6 Å². The number of hydrogen-bond donors (Lipinski definition) is 5. The van der Waals surface area contributed by atoms with Gasteiger partial charge in [-0.1, -0.05) is 22.6 Å².